The van der Waals surface area contributed by atoms with E-state index in [1.54, 1.807) is 20.8 Å². The number of pyridine rings is 1. The molecule has 0 aliphatic heterocycles. The van der Waals surface area contributed by atoms with Gasteiger partial charge in [0, 0.05) is 24.6 Å². The molecule has 2 aromatic heterocycles. The summed E-state index contributed by atoms with van der Waals surface area (Å²) in [6, 6.07) is 5.95. The number of aromatic nitrogens is 2. The lowest BCUT2D eigenvalue weighted by Gasteiger charge is -2.25. The molecule has 1 N–H and O–H groups in total. The predicted molar refractivity (Wildman–Crippen MR) is 97.4 cm³/mol. The molecule has 0 unspecified atom stereocenters. The Morgan fingerprint density at radius 2 is 2.16 bits per heavy atom. The fourth-order valence-corrected chi connectivity index (χ4v) is 3.06. The number of aryl methyl sites for hydroxylation is 1. The Bertz CT molecular complexity index is 790. The van der Waals surface area contributed by atoms with Crippen LogP contribution in [0.1, 0.15) is 75.6 Å². The average molecular weight is 341 g/mol. The molecule has 3 rings (SSSR count). The SMILES string of the molecule is CCC(=O)CC(C)(C)O.Cc1nn2ccc(C#N)cc2c1C1CCC1. The maximum absolute atomic E-state index is 10.7. The topological polar surface area (TPSA) is 78.4 Å². The first kappa shape index (κ1) is 19.1. The Kier molecular flexibility index (Phi) is 5.97. The van der Waals surface area contributed by atoms with Gasteiger partial charge in [-0.3, -0.25) is 4.79 Å². The first-order valence-electron chi connectivity index (χ1n) is 8.88. The van der Waals surface area contributed by atoms with Crippen LogP contribution < -0.4 is 0 Å². The Morgan fingerprint density at radius 1 is 1.48 bits per heavy atom. The van der Waals surface area contributed by atoms with Crippen LogP contribution in [0.4, 0.5) is 0 Å². The molecule has 0 amide bonds. The Hall–Kier alpha value is -2.19. The van der Waals surface area contributed by atoms with Crippen LogP contribution in [-0.4, -0.2) is 26.1 Å². The Morgan fingerprint density at radius 3 is 2.60 bits per heavy atom. The summed E-state index contributed by atoms with van der Waals surface area (Å²) in [4.78, 5) is 10.7. The number of carbonyl (C=O) groups excluding carboxylic acids is 1. The molecule has 0 bridgehead atoms. The number of aliphatic hydroxyl groups is 1. The molecule has 5 nitrogen and oxygen atoms in total. The smallest absolute Gasteiger partial charge is 0.135 e. The van der Waals surface area contributed by atoms with E-state index < -0.39 is 5.60 Å². The summed E-state index contributed by atoms with van der Waals surface area (Å²) >= 11 is 0. The van der Waals surface area contributed by atoms with Crippen molar-refractivity contribution < 1.29 is 9.90 Å². The Balaban J connectivity index is 0.000000217. The van der Waals surface area contributed by atoms with E-state index in [-0.39, 0.29) is 12.2 Å². The van der Waals surface area contributed by atoms with Gasteiger partial charge in [0.15, 0.2) is 0 Å². The highest BCUT2D eigenvalue weighted by molar-refractivity contribution is 5.78. The van der Waals surface area contributed by atoms with Crippen molar-refractivity contribution in [1.29, 1.82) is 5.26 Å². The van der Waals surface area contributed by atoms with E-state index in [9.17, 15) is 4.79 Å². The van der Waals surface area contributed by atoms with E-state index >= 15 is 0 Å². The van der Waals surface area contributed by atoms with Crippen molar-refractivity contribution in [2.45, 2.75) is 71.3 Å². The zero-order valence-electron chi connectivity index (χ0n) is 15.5. The van der Waals surface area contributed by atoms with Gasteiger partial charge in [-0.15, -0.1) is 0 Å². The van der Waals surface area contributed by atoms with Gasteiger partial charge in [-0.1, -0.05) is 13.3 Å². The minimum absolute atomic E-state index is 0.113. The van der Waals surface area contributed by atoms with Gasteiger partial charge in [-0.2, -0.15) is 10.4 Å². The average Bonchev–Trinajstić information content (AvgIpc) is 2.80. The summed E-state index contributed by atoms with van der Waals surface area (Å²) in [7, 11) is 0. The standard InChI is InChI=1S/C13H13N3.C7H14O2/c1-9-13(11-3-2-4-11)12-7-10(8-14)5-6-16(12)15-9;1-4-6(8)5-7(2,3)9/h5-7,11H,2-4H2,1H3;9H,4-5H2,1-3H3. The van der Waals surface area contributed by atoms with E-state index in [2.05, 4.69) is 18.1 Å². The first-order valence-corrected chi connectivity index (χ1v) is 8.88. The van der Waals surface area contributed by atoms with Crippen LogP contribution in [0.2, 0.25) is 0 Å². The van der Waals surface area contributed by atoms with E-state index in [1.165, 1.54) is 24.8 Å². The van der Waals surface area contributed by atoms with Gasteiger partial charge >= 0.3 is 0 Å². The molecule has 0 atom stereocenters. The molecule has 0 aromatic carbocycles. The second-order valence-corrected chi connectivity index (χ2v) is 7.37. The van der Waals surface area contributed by atoms with E-state index in [4.69, 9.17) is 10.4 Å². The summed E-state index contributed by atoms with van der Waals surface area (Å²) in [5.41, 5.74) is 3.46. The summed E-state index contributed by atoms with van der Waals surface area (Å²) in [5.74, 6) is 0.772. The number of carbonyl (C=O) groups is 1. The third-order valence-electron chi connectivity index (χ3n) is 4.52. The van der Waals surface area contributed by atoms with Crippen LogP contribution in [0.15, 0.2) is 18.3 Å². The molecule has 2 aromatic rings. The summed E-state index contributed by atoms with van der Waals surface area (Å²) in [6.07, 6.45) is 6.51. The second-order valence-electron chi connectivity index (χ2n) is 7.37. The molecule has 2 heterocycles. The van der Waals surface area contributed by atoms with Crippen LogP contribution in [0.3, 0.4) is 0 Å². The van der Waals surface area contributed by atoms with Crippen LogP contribution in [0.25, 0.3) is 5.52 Å². The first-order chi connectivity index (χ1) is 11.7. The van der Waals surface area contributed by atoms with Gasteiger partial charge < -0.3 is 5.11 Å². The number of hydrogen-bond donors (Lipinski definition) is 1. The van der Waals surface area contributed by atoms with Gasteiger partial charge in [-0.25, -0.2) is 4.52 Å². The highest BCUT2D eigenvalue weighted by atomic mass is 16.3. The molecule has 0 spiro atoms. The zero-order valence-corrected chi connectivity index (χ0v) is 15.5. The largest absolute Gasteiger partial charge is 0.390 e. The molecule has 1 saturated carbocycles. The minimum Gasteiger partial charge on any atom is -0.390 e. The highest BCUT2D eigenvalue weighted by Crippen LogP contribution is 2.39. The third-order valence-corrected chi connectivity index (χ3v) is 4.52. The summed E-state index contributed by atoms with van der Waals surface area (Å²) in [5, 5.41) is 22.5. The molecule has 25 heavy (non-hydrogen) atoms. The summed E-state index contributed by atoms with van der Waals surface area (Å²) in [6.45, 7) is 7.14. The van der Waals surface area contributed by atoms with Crippen molar-refractivity contribution in [1.82, 2.24) is 9.61 Å². The van der Waals surface area contributed by atoms with Crippen molar-refractivity contribution in [2.75, 3.05) is 0 Å². The lowest BCUT2D eigenvalue weighted by atomic mass is 9.79. The van der Waals surface area contributed by atoms with Crippen LogP contribution >= 0.6 is 0 Å². The number of rotatable bonds is 4. The van der Waals surface area contributed by atoms with Crippen LogP contribution in [0.5, 0.6) is 0 Å². The van der Waals surface area contributed by atoms with Crippen molar-refractivity contribution in [3.05, 3.63) is 35.2 Å². The number of ketones is 1. The lowest BCUT2D eigenvalue weighted by Crippen LogP contribution is -2.22. The predicted octanol–water partition coefficient (Wildman–Crippen LogP) is 3.91. The number of Topliss-reactive ketones (excluding diaryl/α,β-unsaturated/α-hetero) is 1. The molecule has 5 heteroatoms. The van der Waals surface area contributed by atoms with Gasteiger partial charge in [0.1, 0.15) is 5.78 Å². The molecular formula is C20H27N3O2. The monoisotopic (exact) mass is 341 g/mol. The highest BCUT2D eigenvalue weighted by Gasteiger charge is 2.25. The fraction of sp³-hybridized carbons (Fsp3) is 0.550. The Labute approximate surface area is 149 Å². The molecule has 0 saturated heterocycles. The van der Waals surface area contributed by atoms with Crippen LogP contribution in [-0.2, 0) is 4.79 Å². The molecule has 134 valence electrons. The van der Waals surface area contributed by atoms with E-state index in [0.29, 0.717) is 17.9 Å². The fourth-order valence-electron chi connectivity index (χ4n) is 3.06. The van der Waals surface area contributed by atoms with Crippen molar-refractivity contribution in [3.8, 4) is 6.07 Å². The van der Waals surface area contributed by atoms with Gasteiger partial charge in [0.05, 0.1) is 28.4 Å². The second kappa shape index (κ2) is 7.79. The maximum Gasteiger partial charge on any atom is 0.135 e. The molecule has 1 aliphatic rings. The van der Waals surface area contributed by atoms with Crippen molar-refractivity contribution in [3.63, 3.8) is 0 Å². The molecular weight excluding hydrogens is 314 g/mol. The number of nitriles is 1. The van der Waals surface area contributed by atoms with E-state index in [0.717, 1.165) is 11.2 Å². The number of nitrogens with zero attached hydrogens (tertiary/aromatic N) is 3. The van der Waals surface area contributed by atoms with Gasteiger partial charge in [0.25, 0.3) is 0 Å². The molecule has 1 fully saturated rings. The number of fused-ring (bicyclic) bond motifs is 1. The number of hydrogen-bond acceptors (Lipinski definition) is 4. The maximum atomic E-state index is 10.7. The zero-order chi connectivity index (χ0) is 18.6. The minimum atomic E-state index is -0.826. The lowest BCUT2D eigenvalue weighted by molar-refractivity contribution is -0.122. The quantitative estimate of drug-likeness (QED) is 0.914. The molecule has 0 radical (unpaired) electrons. The summed E-state index contributed by atoms with van der Waals surface area (Å²) < 4.78 is 1.89. The van der Waals surface area contributed by atoms with E-state index in [1.807, 2.05) is 22.8 Å². The van der Waals surface area contributed by atoms with Gasteiger partial charge in [0.2, 0.25) is 0 Å². The normalized spacial score (nSPS) is 14.4. The van der Waals surface area contributed by atoms with Crippen LogP contribution in [0, 0.1) is 18.3 Å². The van der Waals surface area contributed by atoms with Gasteiger partial charge in [-0.05, 0) is 51.7 Å². The molecule has 1 aliphatic carbocycles. The van der Waals surface area contributed by atoms with Crippen molar-refractivity contribution >= 4 is 11.3 Å². The van der Waals surface area contributed by atoms with Crippen molar-refractivity contribution in [2.24, 2.45) is 0 Å². The third kappa shape index (κ3) is 4.90.